The largest absolute Gasteiger partial charge is 0.376 e. The molecule has 1 aromatic heterocycles. The molecule has 0 saturated carbocycles. The van der Waals surface area contributed by atoms with Crippen molar-refractivity contribution in [2.45, 2.75) is 31.9 Å². The van der Waals surface area contributed by atoms with Gasteiger partial charge < -0.3 is 10.1 Å². The highest BCUT2D eigenvalue weighted by Crippen LogP contribution is 2.26. The Morgan fingerprint density at radius 1 is 1.50 bits per heavy atom. The van der Waals surface area contributed by atoms with E-state index in [9.17, 15) is 4.79 Å². The lowest BCUT2D eigenvalue weighted by Crippen LogP contribution is -2.40. The summed E-state index contributed by atoms with van der Waals surface area (Å²) in [6.07, 6.45) is 2.12. The van der Waals surface area contributed by atoms with Crippen LogP contribution < -0.4 is 5.32 Å². The van der Waals surface area contributed by atoms with E-state index in [1.807, 2.05) is 25.1 Å². The number of carbonyl (C=O) groups is 1. The molecule has 6 heteroatoms. The molecule has 116 valence electrons. The van der Waals surface area contributed by atoms with E-state index in [4.69, 9.17) is 16.3 Å². The summed E-state index contributed by atoms with van der Waals surface area (Å²) in [6.45, 7) is 2.73. The molecule has 1 aromatic carbocycles. The summed E-state index contributed by atoms with van der Waals surface area (Å²) in [5.74, 6) is -0.186. The van der Waals surface area contributed by atoms with Crippen LogP contribution in [0.4, 0.5) is 0 Å². The second-order valence-corrected chi connectivity index (χ2v) is 5.87. The second-order valence-electron chi connectivity index (χ2n) is 5.46. The van der Waals surface area contributed by atoms with Gasteiger partial charge in [-0.05, 0) is 31.9 Å². The summed E-state index contributed by atoms with van der Waals surface area (Å²) in [4.78, 5) is 12.3. The number of H-pyrrole nitrogens is 1. The Balaban J connectivity index is 1.70. The number of carbonyl (C=O) groups excluding carboxylic acids is 1. The first-order valence-corrected chi connectivity index (χ1v) is 7.75. The number of ether oxygens (including phenoxy) is 1. The number of nitrogens with one attached hydrogen (secondary N) is 2. The number of amides is 1. The van der Waals surface area contributed by atoms with Gasteiger partial charge in [0.05, 0.1) is 22.9 Å². The van der Waals surface area contributed by atoms with Crippen LogP contribution in [-0.4, -0.2) is 34.9 Å². The molecule has 0 aliphatic carbocycles. The molecule has 2 N–H and O–H groups in total. The molecule has 2 heterocycles. The van der Waals surface area contributed by atoms with Gasteiger partial charge in [0.15, 0.2) is 0 Å². The number of hydrogen-bond donors (Lipinski definition) is 2. The Labute approximate surface area is 134 Å². The Morgan fingerprint density at radius 2 is 2.32 bits per heavy atom. The average molecular weight is 320 g/mol. The standard InChI is InChI=1S/C16H18ClN3O2/c1-10(15-7-4-8-22-15)18-16(21)14-9-13(19-20-14)11-5-2-3-6-12(11)17/h2-3,5-6,9-10,15H,4,7-8H2,1H3,(H,18,21)(H,19,20)/t10-,15-/m0/s1. The third kappa shape index (κ3) is 3.15. The first-order chi connectivity index (χ1) is 10.6. The van der Waals surface area contributed by atoms with Gasteiger partial charge in [0.1, 0.15) is 5.69 Å². The number of halogens is 1. The first kappa shape index (κ1) is 15.1. The number of aromatic nitrogens is 2. The number of nitrogens with zero attached hydrogens (tertiary/aromatic N) is 1. The van der Waals surface area contributed by atoms with Gasteiger partial charge in [-0.3, -0.25) is 9.89 Å². The molecule has 5 nitrogen and oxygen atoms in total. The Morgan fingerprint density at radius 3 is 3.05 bits per heavy atom. The van der Waals surface area contributed by atoms with Crippen LogP contribution in [-0.2, 0) is 4.74 Å². The molecular weight excluding hydrogens is 302 g/mol. The van der Waals surface area contributed by atoms with Crippen LogP contribution >= 0.6 is 11.6 Å². The van der Waals surface area contributed by atoms with Gasteiger partial charge in [-0.25, -0.2) is 0 Å². The van der Waals surface area contributed by atoms with E-state index in [0.717, 1.165) is 25.0 Å². The molecule has 0 unspecified atom stereocenters. The van der Waals surface area contributed by atoms with Crippen LogP contribution in [0.3, 0.4) is 0 Å². The maximum absolute atomic E-state index is 12.3. The fourth-order valence-corrected chi connectivity index (χ4v) is 2.85. The predicted molar refractivity (Wildman–Crippen MR) is 84.9 cm³/mol. The van der Waals surface area contributed by atoms with Crippen molar-refractivity contribution in [3.8, 4) is 11.3 Å². The molecule has 22 heavy (non-hydrogen) atoms. The normalized spacial score (nSPS) is 19.1. The van der Waals surface area contributed by atoms with E-state index < -0.39 is 0 Å². The van der Waals surface area contributed by atoms with Crippen LogP contribution in [0.15, 0.2) is 30.3 Å². The summed E-state index contributed by atoms with van der Waals surface area (Å²) in [5, 5.41) is 10.5. The summed E-state index contributed by atoms with van der Waals surface area (Å²) in [6, 6.07) is 9.09. The van der Waals surface area contributed by atoms with Gasteiger partial charge in [-0.1, -0.05) is 29.8 Å². The summed E-state index contributed by atoms with van der Waals surface area (Å²) in [7, 11) is 0. The van der Waals surface area contributed by atoms with E-state index in [1.165, 1.54) is 0 Å². The molecule has 1 fully saturated rings. The molecule has 2 atom stereocenters. The highest BCUT2D eigenvalue weighted by Gasteiger charge is 2.24. The third-order valence-corrected chi connectivity index (χ3v) is 4.18. The van der Waals surface area contributed by atoms with Crippen molar-refractivity contribution in [3.63, 3.8) is 0 Å². The van der Waals surface area contributed by atoms with Gasteiger partial charge in [-0.2, -0.15) is 5.10 Å². The summed E-state index contributed by atoms with van der Waals surface area (Å²) in [5.41, 5.74) is 1.87. The minimum absolute atomic E-state index is 0.0259. The van der Waals surface area contributed by atoms with E-state index >= 15 is 0 Å². The number of rotatable bonds is 4. The van der Waals surface area contributed by atoms with Crippen molar-refractivity contribution in [1.29, 1.82) is 0 Å². The van der Waals surface area contributed by atoms with Gasteiger partial charge in [0.2, 0.25) is 0 Å². The van der Waals surface area contributed by atoms with E-state index in [-0.39, 0.29) is 18.1 Å². The SMILES string of the molecule is C[C@H](NC(=O)c1cc(-c2ccccc2Cl)n[nH]1)[C@@H]1CCCO1. The van der Waals surface area contributed by atoms with E-state index in [2.05, 4.69) is 15.5 Å². The molecule has 2 aromatic rings. The molecule has 1 aliphatic rings. The van der Waals surface area contributed by atoms with E-state index in [1.54, 1.807) is 12.1 Å². The number of hydrogen-bond acceptors (Lipinski definition) is 3. The zero-order valence-electron chi connectivity index (χ0n) is 12.3. The molecule has 0 radical (unpaired) electrons. The Kier molecular flexibility index (Phi) is 4.45. The highest BCUT2D eigenvalue weighted by molar-refractivity contribution is 6.33. The fourth-order valence-electron chi connectivity index (χ4n) is 2.62. The third-order valence-electron chi connectivity index (χ3n) is 3.85. The van der Waals surface area contributed by atoms with Crippen molar-refractivity contribution in [3.05, 3.63) is 41.0 Å². The zero-order chi connectivity index (χ0) is 15.5. The van der Waals surface area contributed by atoms with Crippen LogP contribution in [0.5, 0.6) is 0 Å². The lowest BCUT2D eigenvalue weighted by Gasteiger charge is -2.19. The second kappa shape index (κ2) is 6.50. The summed E-state index contributed by atoms with van der Waals surface area (Å²) >= 11 is 6.15. The lowest BCUT2D eigenvalue weighted by molar-refractivity contribution is 0.0709. The molecule has 1 saturated heterocycles. The quantitative estimate of drug-likeness (QED) is 0.910. The average Bonchev–Trinajstić information content (AvgIpc) is 3.19. The lowest BCUT2D eigenvalue weighted by atomic mass is 10.1. The van der Waals surface area contributed by atoms with Gasteiger partial charge in [0, 0.05) is 12.2 Å². The van der Waals surface area contributed by atoms with Crippen molar-refractivity contribution in [2.24, 2.45) is 0 Å². The van der Waals surface area contributed by atoms with Gasteiger partial charge in [0.25, 0.3) is 5.91 Å². The number of benzene rings is 1. The van der Waals surface area contributed by atoms with Gasteiger partial charge >= 0.3 is 0 Å². The predicted octanol–water partition coefficient (Wildman–Crippen LogP) is 3.03. The zero-order valence-corrected chi connectivity index (χ0v) is 13.1. The van der Waals surface area contributed by atoms with Gasteiger partial charge in [-0.15, -0.1) is 0 Å². The molecular formula is C16H18ClN3O2. The Bertz CT molecular complexity index is 665. The van der Waals surface area contributed by atoms with Crippen LogP contribution in [0.25, 0.3) is 11.3 Å². The first-order valence-electron chi connectivity index (χ1n) is 7.38. The molecule has 0 spiro atoms. The van der Waals surface area contributed by atoms with Crippen molar-refractivity contribution in [1.82, 2.24) is 15.5 Å². The molecule has 3 rings (SSSR count). The van der Waals surface area contributed by atoms with Crippen molar-refractivity contribution in [2.75, 3.05) is 6.61 Å². The maximum atomic E-state index is 12.3. The topological polar surface area (TPSA) is 67.0 Å². The van der Waals surface area contributed by atoms with Crippen LogP contribution in [0, 0.1) is 0 Å². The van der Waals surface area contributed by atoms with Crippen LogP contribution in [0.1, 0.15) is 30.3 Å². The highest BCUT2D eigenvalue weighted by atomic mass is 35.5. The van der Waals surface area contributed by atoms with Crippen LogP contribution in [0.2, 0.25) is 5.02 Å². The van der Waals surface area contributed by atoms with Crippen molar-refractivity contribution < 1.29 is 9.53 Å². The van der Waals surface area contributed by atoms with Crippen molar-refractivity contribution >= 4 is 17.5 Å². The molecule has 1 aliphatic heterocycles. The number of aromatic amines is 1. The molecule has 1 amide bonds. The molecule has 0 bridgehead atoms. The smallest absolute Gasteiger partial charge is 0.269 e. The monoisotopic (exact) mass is 319 g/mol. The Hall–Kier alpha value is -1.85. The minimum Gasteiger partial charge on any atom is -0.376 e. The minimum atomic E-state index is -0.186. The summed E-state index contributed by atoms with van der Waals surface area (Å²) < 4.78 is 5.58. The van der Waals surface area contributed by atoms with E-state index in [0.29, 0.717) is 16.4 Å². The maximum Gasteiger partial charge on any atom is 0.269 e. The fraction of sp³-hybridized carbons (Fsp3) is 0.375.